The minimum Gasteiger partial charge on any atom is -0.192 e. The van der Waals surface area contributed by atoms with Crippen LogP contribution in [-0.2, 0) is 0 Å². The fourth-order valence-electron chi connectivity index (χ4n) is 5.67. The molecule has 37 heavy (non-hydrogen) atoms. The molecule has 0 N–H and O–H groups in total. The van der Waals surface area contributed by atoms with Crippen LogP contribution in [0.3, 0.4) is 0 Å². The highest BCUT2D eigenvalue weighted by molar-refractivity contribution is 6.33. The average Bonchev–Trinajstić information content (AvgIpc) is 3.28. The quantitative estimate of drug-likeness (QED) is 0.242. The van der Waals surface area contributed by atoms with E-state index in [1.165, 1.54) is 44.2 Å². The van der Waals surface area contributed by atoms with Crippen molar-refractivity contribution in [2.45, 2.75) is 0 Å². The molecular formula is C35H20ClN. The lowest BCUT2D eigenvalue weighted by atomic mass is 9.92. The Hall–Kier alpha value is -4.64. The van der Waals surface area contributed by atoms with Gasteiger partial charge in [-0.25, -0.2) is 0 Å². The van der Waals surface area contributed by atoms with Crippen molar-refractivity contribution in [2.75, 3.05) is 0 Å². The summed E-state index contributed by atoms with van der Waals surface area (Å²) in [5, 5.41) is 12.7. The van der Waals surface area contributed by atoms with Gasteiger partial charge in [0.25, 0.3) is 0 Å². The zero-order valence-electron chi connectivity index (χ0n) is 19.9. The van der Waals surface area contributed by atoms with E-state index in [1.54, 1.807) is 6.07 Å². The lowest BCUT2D eigenvalue weighted by Crippen LogP contribution is -1.87. The smallest absolute Gasteiger partial charge is 0.0998 e. The van der Waals surface area contributed by atoms with Crippen LogP contribution in [0.5, 0.6) is 0 Å². The minimum atomic E-state index is 0.580. The van der Waals surface area contributed by atoms with E-state index in [-0.39, 0.29) is 0 Å². The molecule has 6 aromatic carbocycles. The van der Waals surface area contributed by atoms with Crippen molar-refractivity contribution in [1.82, 2.24) is 0 Å². The Balaban J connectivity index is 1.31. The highest BCUT2D eigenvalue weighted by Crippen LogP contribution is 2.49. The molecule has 0 saturated heterocycles. The standard InChI is InChI=1S/C35H20ClN/c36-33-13-4-8-26(21-37)34(33)23-16-14-22(15-17-23)24-6-3-7-25(20-24)27-18-19-32-29-10-2-1-9-28(29)31-12-5-11-30(27)35(31)32/h1-20H. The van der Waals surface area contributed by atoms with Gasteiger partial charge in [0.15, 0.2) is 0 Å². The van der Waals surface area contributed by atoms with Crippen LogP contribution < -0.4 is 0 Å². The van der Waals surface area contributed by atoms with Crippen molar-refractivity contribution >= 4 is 22.4 Å². The van der Waals surface area contributed by atoms with Crippen molar-refractivity contribution in [3.05, 3.63) is 132 Å². The third-order valence-corrected chi connectivity index (χ3v) is 7.68. The van der Waals surface area contributed by atoms with Crippen LogP contribution in [0.2, 0.25) is 5.02 Å². The number of halogens is 1. The third kappa shape index (κ3) is 3.39. The summed E-state index contributed by atoms with van der Waals surface area (Å²) in [4.78, 5) is 0. The van der Waals surface area contributed by atoms with Crippen LogP contribution in [0.25, 0.3) is 66.4 Å². The van der Waals surface area contributed by atoms with Gasteiger partial charge < -0.3 is 0 Å². The molecule has 0 saturated carbocycles. The Morgan fingerprint density at radius 3 is 1.89 bits per heavy atom. The van der Waals surface area contributed by atoms with Gasteiger partial charge >= 0.3 is 0 Å². The van der Waals surface area contributed by atoms with Crippen LogP contribution in [-0.4, -0.2) is 0 Å². The maximum atomic E-state index is 9.53. The fourth-order valence-corrected chi connectivity index (χ4v) is 5.95. The van der Waals surface area contributed by atoms with Gasteiger partial charge in [0.2, 0.25) is 0 Å². The zero-order valence-corrected chi connectivity index (χ0v) is 20.6. The number of benzene rings is 6. The summed E-state index contributed by atoms with van der Waals surface area (Å²) in [5.41, 5.74) is 12.2. The molecule has 0 unspecified atom stereocenters. The first-order valence-corrected chi connectivity index (χ1v) is 12.7. The van der Waals surface area contributed by atoms with E-state index in [4.69, 9.17) is 11.6 Å². The van der Waals surface area contributed by atoms with E-state index in [1.807, 2.05) is 24.3 Å². The maximum Gasteiger partial charge on any atom is 0.0998 e. The fraction of sp³-hybridized carbons (Fsp3) is 0. The van der Waals surface area contributed by atoms with Gasteiger partial charge in [0.1, 0.15) is 0 Å². The first kappa shape index (κ1) is 21.6. The molecule has 0 atom stereocenters. The minimum absolute atomic E-state index is 0.580. The number of hydrogen-bond acceptors (Lipinski definition) is 1. The molecular weight excluding hydrogens is 470 g/mol. The second-order valence-electron chi connectivity index (χ2n) is 9.37. The number of nitriles is 1. The predicted octanol–water partition coefficient (Wildman–Crippen LogP) is 10.0. The molecule has 0 radical (unpaired) electrons. The molecule has 1 aliphatic rings. The van der Waals surface area contributed by atoms with Crippen molar-refractivity contribution in [3.63, 3.8) is 0 Å². The molecule has 2 heteroatoms. The van der Waals surface area contributed by atoms with Gasteiger partial charge in [0.05, 0.1) is 11.6 Å². The summed E-state index contributed by atoms with van der Waals surface area (Å²) in [6.07, 6.45) is 0. The van der Waals surface area contributed by atoms with Gasteiger partial charge in [-0.15, -0.1) is 0 Å². The molecule has 0 aliphatic heterocycles. The van der Waals surface area contributed by atoms with E-state index in [2.05, 4.69) is 97.1 Å². The molecule has 0 spiro atoms. The van der Waals surface area contributed by atoms with Crippen molar-refractivity contribution < 1.29 is 0 Å². The van der Waals surface area contributed by atoms with E-state index in [9.17, 15) is 5.26 Å². The molecule has 7 rings (SSSR count). The largest absolute Gasteiger partial charge is 0.192 e. The summed E-state index contributed by atoms with van der Waals surface area (Å²) in [6, 6.07) is 44.5. The summed E-state index contributed by atoms with van der Waals surface area (Å²) in [7, 11) is 0. The van der Waals surface area contributed by atoms with E-state index < -0.39 is 0 Å². The van der Waals surface area contributed by atoms with E-state index >= 15 is 0 Å². The molecule has 1 aliphatic carbocycles. The second-order valence-corrected chi connectivity index (χ2v) is 9.77. The Kier molecular flexibility index (Phi) is 4.96. The molecule has 0 fully saturated rings. The first-order chi connectivity index (χ1) is 18.2. The van der Waals surface area contributed by atoms with Crippen molar-refractivity contribution in [3.8, 4) is 61.7 Å². The zero-order chi connectivity index (χ0) is 24.9. The average molecular weight is 490 g/mol. The molecule has 0 bridgehead atoms. The third-order valence-electron chi connectivity index (χ3n) is 7.36. The summed E-state index contributed by atoms with van der Waals surface area (Å²) < 4.78 is 0. The normalized spacial score (nSPS) is 11.4. The highest BCUT2D eigenvalue weighted by Gasteiger charge is 2.22. The van der Waals surface area contributed by atoms with Crippen LogP contribution in [0.15, 0.2) is 121 Å². The lowest BCUT2D eigenvalue weighted by Gasteiger charge is -2.12. The summed E-state index contributed by atoms with van der Waals surface area (Å²) >= 11 is 6.44. The van der Waals surface area contributed by atoms with Crippen LogP contribution in [0, 0.1) is 11.3 Å². The number of hydrogen-bond donors (Lipinski definition) is 0. The van der Waals surface area contributed by atoms with E-state index in [0.29, 0.717) is 10.6 Å². The number of nitrogens with zero attached hydrogens (tertiary/aromatic N) is 1. The second kappa shape index (κ2) is 8.49. The number of rotatable bonds is 3. The van der Waals surface area contributed by atoms with Crippen LogP contribution in [0.4, 0.5) is 0 Å². The van der Waals surface area contributed by atoms with Gasteiger partial charge in [-0.2, -0.15) is 5.26 Å². The molecule has 0 heterocycles. The Bertz CT molecular complexity index is 1860. The Morgan fingerprint density at radius 2 is 1.11 bits per heavy atom. The molecule has 172 valence electrons. The van der Waals surface area contributed by atoms with Crippen molar-refractivity contribution in [1.29, 1.82) is 5.26 Å². The monoisotopic (exact) mass is 489 g/mol. The summed E-state index contributed by atoms with van der Waals surface area (Å²) in [6.45, 7) is 0. The van der Waals surface area contributed by atoms with E-state index in [0.717, 1.165) is 22.3 Å². The van der Waals surface area contributed by atoms with Gasteiger partial charge in [-0.1, -0.05) is 115 Å². The Morgan fingerprint density at radius 1 is 0.486 bits per heavy atom. The van der Waals surface area contributed by atoms with Gasteiger partial charge in [-0.3, -0.25) is 0 Å². The number of fused-ring (bicyclic) bond motifs is 3. The van der Waals surface area contributed by atoms with Gasteiger partial charge in [0, 0.05) is 10.6 Å². The van der Waals surface area contributed by atoms with Crippen LogP contribution in [0.1, 0.15) is 5.56 Å². The Labute approximate surface area is 220 Å². The van der Waals surface area contributed by atoms with Crippen LogP contribution >= 0.6 is 11.6 Å². The van der Waals surface area contributed by atoms with Gasteiger partial charge in [-0.05, 0) is 79.0 Å². The molecule has 0 amide bonds. The highest BCUT2D eigenvalue weighted by atomic mass is 35.5. The SMILES string of the molecule is N#Cc1cccc(Cl)c1-c1ccc(-c2cccc(-c3ccc4c5c(cccc35)-c3ccccc3-4)c2)cc1. The molecule has 0 aromatic heterocycles. The maximum absolute atomic E-state index is 9.53. The molecule has 1 nitrogen and oxygen atoms in total. The predicted molar refractivity (Wildman–Crippen MR) is 154 cm³/mol. The topological polar surface area (TPSA) is 23.8 Å². The molecule has 6 aromatic rings. The van der Waals surface area contributed by atoms with Crippen molar-refractivity contribution in [2.24, 2.45) is 0 Å². The summed E-state index contributed by atoms with van der Waals surface area (Å²) in [5.74, 6) is 0. The first-order valence-electron chi connectivity index (χ1n) is 12.3. The lowest BCUT2D eigenvalue weighted by molar-refractivity contribution is 1.48.